The summed E-state index contributed by atoms with van der Waals surface area (Å²) in [5, 5.41) is 19.3. The van der Waals surface area contributed by atoms with E-state index in [-0.39, 0.29) is 11.8 Å². The molecular formula is C20H18N4O. The Morgan fingerprint density at radius 2 is 2.04 bits per heavy atom. The van der Waals surface area contributed by atoms with Gasteiger partial charge in [-0.3, -0.25) is 5.10 Å². The van der Waals surface area contributed by atoms with Crippen LogP contribution in [0, 0.1) is 11.3 Å². The Morgan fingerprint density at radius 3 is 2.84 bits per heavy atom. The summed E-state index contributed by atoms with van der Waals surface area (Å²) in [5.41, 5.74) is 9.43. The molecule has 2 heterocycles. The lowest BCUT2D eigenvalue weighted by Crippen LogP contribution is -2.21. The highest BCUT2D eigenvalue weighted by Crippen LogP contribution is 2.44. The second-order valence-electron chi connectivity index (χ2n) is 6.16. The SMILES string of the molecule is CCCc1[nH]nc2c1[C@H](c1cccc3ccccc13)C(C#N)=C(N)O2. The third kappa shape index (κ3) is 2.34. The van der Waals surface area contributed by atoms with Crippen molar-refractivity contribution in [1.29, 1.82) is 5.26 Å². The fourth-order valence-electron chi connectivity index (χ4n) is 3.56. The van der Waals surface area contributed by atoms with Gasteiger partial charge in [0.1, 0.15) is 11.6 Å². The average molecular weight is 330 g/mol. The number of rotatable bonds is 3. The van der Waals surface area contributed by atoms with Crippen molar-refractivity contribution in [1.82, 2.24) is 10.2 Å². The third-order valence-electron chi connectivity index (χ3n) is 4.65. The average Bonchev–Trinajstić information content (AvgIpc) is 3.03. The summed E-state index contributed by atoms with van der Waals surface area (Å²) in [5.74, 6) is 0.320. The number of benzene rings is 2. The van der Waals surface area contributed by atoms with Crippen molar-refractivity contribution >= 4 is 10.8 Å². The second-order valence-corrected chi connectivity index (χ2v) is 6.16. The lowest BCUT2D eigenvalue weighted by Gasteiger charge is -2.25. The van der Waals surface area contributed by atoms with E-state index in [4.69, 9.17) is 10.5 Å². The predicted octanol–water partition coefficient (Wildman–Crippen LogP) is 3.73. The second kappa shape index (κ2) is 5.99. The zero-order valence-electron chi connectivity index (χ0n) is 13.9. The molecule has 0 bridgehead atoms. The number of fused-ring (bicyclic) bond motifs is 2. The molecule has 0 radical (unpaired) electrons. The lowest BCUT2D eigenvalue weighted by molar-refractivity contribution is 0.379. The molecule has 2 aromatic carbocycles. The summed E-state index contributed by atoms with van der Waals surface area (Å²) in [7, 11) is 0. The van der Waals surface area contributed by atoms with Crippen molar-refractivity contribution in [3.05, 3.63) is 70.7 Å². The smallest absolute Gasteiger partial charge is 0.244 e. The molecular weight excluding hydrogens is 312 g/mol. The van der Waals surface area contributed by atoms with Crippen molar-refractivity contribution in [3.8, 4) is 11.9 Å². The Balaban J connectivity index is 2.02. The van der Waals surface area contributed by atoms with Crippen LogP contribution < -0.4 is 10.5 Å². The van der Waals surface area contributed by atoms with Crippen molar-refractivity contribution < 1.29 is 4.74 Å². The quantitative estimate of drug-likeness (QED) is 0.766. The number of nitriles is 1. The number of ether oxygens (including phenoxy) is 1. The first kappa shape index (κ1) is 15.3. The maximum Gasteiger partial charge on any atom is 0.244 e. The first-order valence-corrected chi connectivity index (χ1v) is 8.37. The monoisotopic (exact) mass is 330 g/mol. The standard InChI is InChI=1S/C20H18N4O/c1-2-6-16-18-17(15(11-21)19(22)25-20(18)24-23-16)14-10-5-8-12-7-3-4-9-13(12)14/h3-5,7-10,17H,2,6,22H2,1H3,(H,23,24)/t17-/m1/s1. The molecule has 25 heavy (non-hydrogen) atoms. The maximum absolute atomic E-state index is 9.75. The van der Waals surface area contributed by atoms with Crippen molar-refractivity contribution in [3.63, 3.8) is 0 Å². The van der Waals surface area contributed by atoms with Gasteiger partial charge in [-0.05, 0) is 22.8 Å². The number of aromatic nitrogens is 2. The van der Waals surface area contributed by atoms with Crippen molar-refractivity contribution in [2.75, 3.05) is 0 Å². The highest BCUT2D eigenvalue weighted by molar-refractivity contribution is 5.87. The Morgan fingerprint density at radius 1 is 1.24 bits per heavy atom. The van der Waals surface area contributed by atoms with E-state index in [1.807, 2.05) is 18.2 Å². The van der Waals surface area contributed by atoms with Crippen LogP contribution in [0.3, 0.4) is 0 Å². The molecule has 3 N–H and O–H groups in total. The summed E-state index contributed by atoms with van der Waals surface area (Å²) in [4.78, 5) is 0. The fourth-order valence-corrected chi connectivity index (χ4v) is 3.56. The van der Waals surface area contributed by atoms with E-state index in [1.54, 1.807) is 0 Å². The van der Waals surface area contributed by atoms with E-state index in [0.29, 0.717) is 11.5 Å². The normalized spacial score (nSPS) is 16.4. The van der Waals surface area contributed by atoms with Gasteiger partial charge in [0.05, 0.1) is 5.92 Å². The van der Waals surface area contributed by atoms with Gasteiger partial charge in [0.25, 0.3) is 0 Å². The highest BCUT2D eigenvalue weighted by Gasteiger charge is 2.35. The molecule has 124 valence electrons. The molecule has 3 aromatic rings. The molecule has 5 heteroatoms. The molecule has 0 aliphatic carbocycles. The number of aromatic amines is 1. The number of nitrogens with one attached hydrogen (secondary N) is 1. The molecule has 0 saturated heterocycles. The minimum atomic E-state index is -0.278. The highest BCUT2D eigenvalue weighted by atomic mass is 16.5. The number of hydrogen-bond donors (Lipinski definition) is 2. The van der Waals surface area contributed by atoms with Crippen LogP contribution in [0.25, 0.3) is 10.8 Å². The zero-order chi connectivity index (χ0) is 17.4. The molecule has 1 aliphatic rings. The largest absolute Gasteiger partial charge is 0.420 e. The van der Waals surface area contributed by atoms with Gasteiger partial charge in [-0.15, -0.1) is 5.10 Å². The van der Waals surface area contributed by atoms with Crippen LogP contribution in [0.1, 0.15) is 36.1 Å². The topological polar surface area (TPSA) is 87.7 Å². The van der Waals surface area contributed by atoms with Crippen LogP contribution in [-0.4, -0.2) is 10.2 Å². The molecule has 0 saturated carbocycles. The van der Waals surface area contributed by atoms with Gasteiger partial charge in [0.2, 0.25) is 11.8 Å². The van der Waals surface area contributed by atoms with E-state index in [0.717, 1.165) is 40.4 Å². The zero-order valence-corrected chi connectivity index (χ0v) is 13.9. The molecule has 0 unspecified atom stereocenters. The van der Waals surface area contributed by atoms with Gasteiger partial charge in [-0.1, -0.05) is 55.8 Å². The summed E-state index contributed by atoms with van der Waals surface area (Å²) in [6, 6.07) is 16.5. The number of nitrogens with zero attached hydrogens (tertiary/aromatic N) is 2. The van der Waals surface area contributed by atoms with E-state index < -0.39 is 0 Å². The van der Waals surface area contributed by atoms with Crippen molar-refractivity contribution in [2.24, 2.45) is 5.73 Å². The molecule has 0 fully saturated rings. The van der Waals surface area contributed by atoms with Crippen LogP contribution in [0.4, 0.5) is 0 Å². The molecule has 1 aromatic heterocycles. The fraction of sp³-hybridized carbons (Fsp3) is 0.200. The lowest BCUT2D eigenvalue weighted by atomic mass is 9.81. The summed E-state index contributed by atoms with van der Waals surface area (Å²) in [6.07, 6.45) is 1.81. The van der Waals surface area contributed by atoms with Gasteiger partial charge >= 0.3 is 0 Å². The van der Waals surface area contributed by atoms with E-state index in [1.165, 1.54) is 0 Å². The molecule has 5 nitrogen and oxygen atoms in total. The minimum Gasteiger partial charge on any atom is -0.420 e. The summed E-state index contributed by atoms with van der Waals surface area (Å²) in [6.45, 7) is 2.11. The number of H-pyrrole nitrogens is 1. The van der Waals surface area contributed by atoms with Crippen LogP contribution in [0.5, 0.6) is 5.88 Å². The molecule has 0 spiro atoms. The minimum absolute atomic E-state index is 0.127. The number of allylic oxidation sites excluding steroid dienone is 1. The summed E-state index contributed by atoms with van der Waals surface area (Å²) < 4.78 is 5.62. The maximum atomic E-state index is 9.75. The van der Waals surface area contributed by atoms with Gasteiger partial charge in [-0.2, -0.15) is 5.26 Å². The first-order valence-electron chi connectivity index (χ1n) is 8.37. The van der Waals surface area contributed by atoms with Crippen LogP contribution >= 0.6 is 0 Å². The number of aryl methyl sites for hydroxylation is 1. The Kier molecular flexibility index (Phi) is 3.66. The van der Waals surface area contributed by atoms with Gasteiger partial charge in [-0.25, -0.2) is 0 Å². The van der Waals surface area contributed by atoms with Crippen molar-refractivity contribution in [2.45, 2.75) is 25.7 Å². The van der Waals surface area contributed by atoms with Gasteiger partial charge in [0.15, 0.2) is 0 Å². The first-order chi connectivity index (χ1) is 12.2. The van der Waals surface area contributed by atoms with E-state index in [9.17, 15) is 5.26 Å². The Hall–Kier alpha value is -3.26. The summed E-state index contributed by atoms with van der Waals surface area (Å²) >= 11 is 0. The molecule has 0 amide bonds. The van der Waals surface area contributed by atoms with Gasteiger partial charge < -0.3 is 10.5 Å². The number of nitrogens with two attached hydrogens (primary N) is 1. The van der Waals surface area contributed by atoms with Crippen LogP contribution in [0.2, 0.25) is 0 Å². The number of hydrogen-bond acceptors (Lipinski definition) is 4. The third-order valence-corrected chi connectivity index (χ3v) is 4.65. The molecule has 1 aliphatic heterocycles. The molecule has 1 atom stereocenters. The predicted molar refractivity (Wildman–Crippen MR) is 95.8 cm³/mol. The van der Waals surface area contributed by atoms with Gasteiger partial charge in [0, 0.05) is 11.3 Å². The van der Waals surface area contributed by atoms with E-state index >= 15 is 0 Å². The molecule has 4 rings (SSSR count). The Labute approximate surface area is 145 Å². The Bertz CT molecular complexity index is 1020. The van der Waals surface area contributed by atoms with E-state index in [2.05, 4.69) is 47.5 Å². The van der Waals surface area contributed by atoms with Crippen LogP contribution in [-0.2, 0) is 6.42 Å². The van der Waals surface area contributed by atoms with Crippen LogP contribution in [0.15, 0.2) is 53.9 Å².